The van der Waals surface area contributed by atoms with E-state index >= 15 is 0 Å². The SMILES string of the molecule is O=C(Nc1ccc(OCc2ccccc2)cc1)c1scnc1-c1ccccc1. The molecule has 1 heterocycles. The van der Waals surface area contributed by atoms with Crippen molar-refractivity contribution in [1.29, 1.82) is 0 Å². The van der Waals surface area contributed by atoms with Crippen LogP contribution in [0.2, 0.25) is 0 Å². The zero-order chi connectivity index (χ0) is 19.2. The number of amides is 1. The average Bonchev–Trinajstić information content (AvgIpc) is 3.25. The molecular weight excluding hydrogens is 368 g/mol. The van der Waals surface area contributed by atoms with Gasteiger partial charge in [-0.2, -0.15) is 0 Å². The fraction of sp³-hybridized carbons (Fsp3) is 0.0435. The van der Waals surface area contributed by atoms with Crippen molar-refractivity contribution < 1.29 is 9.53 Å². The highest BCUT2D eigenvalue weighted by molar-refractivity contribution is 7.12. The second-order valence-corrected chi connectivity index (χ2v) is 7.00. The van der Waals surface area contributed by atoms with Gasteiger partial charge < -0.3 is 10.1 Å². The molecule has 0 aliphatic heterocycles. The van der Waals surface area contributed by atoms with Gasteiger partial charge in [-0.15, -0.1) is 11.3 Å². The van der Waals surface area contributed by atoms with E-state index in [-0.39, 0.29) is 5.91 Å². The Bertz CT molecular complexity index is 1040. The number of benzene rings is 3. The molecule has 0 radical (unpaired) electrons. The summed E-state index contributed by atoms with van der Waals surface area (Å²) >= 11 is 1.33. The van der Waals surface area contributed by atoms with E-state index in [4.69, 9.17) is 4.74 Å². The molecule has 0 saturated carbocycles. The lowest BCUT2D eigenvalue weighted by molar-refractivity contribution is 0.103. The first kappa shape index (κ1) is 17.9. The van der Waals surface area contributed by atoms with Crippen LogP contribution in [0, 0.1) is 0 Å². The Hall–Kier alpha value is -3.44. The summed E-state index contributed by atoms with van der Waals surface area (Å²) in [5.74, 6) is 0.587. The van der Waals surface area contributed by atoms with Gasteiger partial charge in [0.15, 0.2) is 0 Å². The predicted octanol–water partition coefficient (Wildman–Crippen LogP) is 5.64. The van der Waals surface area contributed by atoms with Crippen LogP contribution in [0.5, 0.6) is 5.75 Å². The molecule has 1 amide bonds. The number of thiazole rings is 1. The summed E-state index contributed by atoms with van der Waals surface area (Å²) in [4.78, 5) is 17.6. The van der Waals surface area contributed by atoms with E-state index in [1.54, 1.807) is 5.51 Å². The van der Waals surface area contributed by atoms with Gasteiger partial charge in [0, 0.05) is 11.3 Å². The van der Waals surface area contributed by atoms with Gasteiger partial charge in [0.2, 0.25) is 0 Å². The minimum absolute atomic E-state index is 0.167. The van der Waals surface area contributed by atoms with Gasteiger partial charge in [0.25, 0.3) is 5.91 Å². The Morgan fingerprint density at radius 1 is 0.893 bits per heavy atom. The van der Waals surface area contributed by atoms with E-state index in [2.05, 4.69) is 10.3 Å². The van der Waals surface area contributed by atoms with Gasteiger partial charge >= 0.3 is 0 Å². The Labute approximate surface area is 167 Å². The Kier molecular flexibility index (Phi) is 5.45. The zero-order valence-corrected chi connectivity index (χ0v) is 15.9. The summed E-state index contributed by atoms with van der Waals surface area (Å²) < 4.78 is 5.78. The van der Waals surface area contributed by atoms with Crippen LogP contribution < -0.4 is 10.1 Å². The smallest absolute Gasteiger partial charge is 0.268 e. The third kappa shape index (κ3) is 4.27. The van der Waals surface area contributed by atoms with E-state index in [1.807, 2.05) is 84.9 Å². The standard InChI is InChI=1S/C23H18N2O2S/c26-23(22-21(24-16-28-22)18-9-5-2-6-10-18)25-19-11-13-20(14-12-19)27-15-17-7-3-1-4-8-17/h1-14,16H,15H2,(H,25,26). The molecule has 0 fully saturated rings. The molecule has 0 aliphatic carbocycles. The van der Waals surface area contributed by atoms with Crippen LogP contribution in [0.3, 0.4) is 0 Å². The summed E-state index contributed by atoms with van der Waals surface area (Å²) in [6.07, 6.45) is 0. The molecule has 0 unspecified atom stereocenters. The Balaban J connectivity index is 1.41. The summed E-state index contributed by atoms with van der Waals surface area (Å²) in [5.41, 5.74) is 5.14. The molecule has 0 saturated heterocycles. The largest absolute Gasteiger partial charge is 0.489 e. The number of rotatable bonds is 6. The van der Waals surface area contributed by atoms with Crippen molar-refractivity contribution in [3.63, 3.8) is 0 Å². The number of aromatic nitrogens is 1. The van der Waals surface area contributed by atoms with Gasteiger partial charge in [-0.25, -0.2) is 4.98 Å². The maximum atomic E-state index is 12.7. The molecule has 1 N–H and O–H groups in total. The first-order valence-electron chi connectivity index (χ1n) is 8.86. The fourth-order valence-electron chi connectivity index (χ4n) is 2.77. The van der Waals surface area contributed by atoms with Crippen LogP contribution in [0.25, 0.3) is 11.3 Å². The Morgan fingerprint density at radius 2 is 1.57 bits per heavy atom. The molecule has 4 aromatic rings. The molecule has 0 spiro atoms. The minimum atomic E-state index is -0.167. The van der Waals surface area contributed by atoms with Crippen molar-refractivity contribution in [2.75, 3.05) is 5.32 Å². The first-order chi connectivity index (χ1) is 13.8. The quantitative estimate of drug-likeness (QED) is 0.466. The van der Waals surface area contributed by atoms with Gasteiger partial charge in [0.1, 0.15) is 17.2 Å². The number of anilines is 1. The number of nitrogens with one attached hydrogen (secondary N) is 1. The van der Waals surface area contributed by atoms with E-state index < -0.39 is 0 Å². The zero-order valence-electron chi connectivity index (χ0n) is 15.0. The number of hydrogen-bond donors (Lipinski definition) is 1. The lowest BCUT2D eigenvalue weighted by Crippen LogP contribution is -2.11. The number of nitrogens with zero attached hydrogens (tertiary/aromatic N) is 1. The second-order valence-electron chi connectivity index (χ2n) is 6.15. The van der Waals surface area contributed by atoms with Crippen LogP contribution >= 0.6 is 11.3 Å². The van der Waals surface area contributed by atoms with Gasteiger partial charge in [0.05, 0.1) is 11.2 Å². The van der Waals surface area contributed by atoms with Crippen LogP contribution in [0.15, 0.2) is 90.4 Å². The maximum absolute atomic E-state index is 12.7. The first-order valence-corrected chi connectivity index (χ1v) is 9.74. The Morgan fingerprint density at radius 3 is 2.29 bits per heavy atom. The average molecular weight is 386 g/mol. The van der Waals surface area contributed by atoms with Crippen molar-refractivity contribution >= 4 is 22.9 Å². The maximum Gasteiger partial charge on any atom is 0.268 e. The third-order valence-electron chi connectivity index (χ3n) is 4.18. The summed E-state index contributed by atoms with van der Waals surface area (Å²) in [6, 6.07) is 27.1. The van der Waals surface area contributed by atoms with Crippen molar-refractivity contribution in [2.45, 2.75) is 6.61 Å². The highest BCUT2D eigenvalue weighted by atomic mass is 32.1. The molecule has 0 aliphatic rings. The number of carbonyl (C=O) groups excluding carboxylic acids is 1. The topological polar surface area (TPSA) is 51.2 Å². The van der Waals surface area contributed by atoms with Crippen molar-refractivity contribution in [2.24, 2.45) is 0 Å². The van der Waals surface area contributed by atoms with Crippen molar-refractivity contribution in [1.82, 2.24) is 4.98 Å². The van der Waals surface area contributed by atoms with E-state index in [1.165, 1.54) is 11.3 Å². The van der Waals surface area contributed by atoms with Gasteiger partial charge in [-0.05, 0) is 29.8 Å². The van der Waals surface area contributed by atoms with Gasteiger partial charge in [-0.3, -0.25) is 4.79 Å². The fourth-order valence-corrected chi connectivity index (χ4v) is 3.48. The molecule has 1 aromatic heterocycles. The predicted molar refractivity (Wildman–Crippen MR) is 113 cm³/mol. The van der Waals surface area contributed by atoms with Crippen LogP contribution in [0.4, 0.5) is 5.69 Å². The molecule has 4 nitrogen and oxygen atoms in total. The molecule has 138 valence electrons. The number of hydrogen-bond acceptors (Lipinski definition) is 4. The molecule has 0 bridgehead atoms. The molecule has 5 heteroatoms. The normalized spacial score (nSPS) is 10.4. The van der Waals surface area contributed by atoms with E-state index in [0.29, 0.717) is 22.9 Å². The molecule has 3 aromatic carbocycles. The molecule has 4 rings (SSSR count). The van der Waals surface area contributed by atoms with E-state index in [9.17, 15) is 4.79 Å². The third-order valence-corrected chi connectivity index (χ3v) is 5.01. The molecule has 0 atom stereocenters. The lowest BCUT2D eigenvalue weighted by Gasteiger charge is -2.09. The summed E-state index contributed by atoms with van der Waals surface area (Å²) in [5, 5.41) is 2.93. The number of carbonyl (C=O) groups is 1. The second kappa shape index (κ2) is 8.50. The minimum Gasteiger partial charge on any atom is -0.489 e. The summed E-state index contributed by atoms with van der Waals surface area (Å²) in [6.45, 7) is 0.508. The van der Waals surface area contributed by atoms with Crippen LogP contribution in [-0.4, -0.2) is 10.9 Å². The van der Waals surface area contributed by atoms with Crippen molar-refractivity contribution in [3.8, 4) is 17.0 Å². The lowest BCUT2D eigenvalue weighted by atomic mass is 10.1. The highest BCUT2D eigenvalue weighted by Gasteiger charge is 2.16. The van der Waals surface area contributed by atoms with Gasteiger partial charge in [-0.1, -0.05) is 60.7 Å². The van der Waals surface area contributed by atoms with Crippen molar-refractivity contribution in [3.05, 3.63) is 101 Å². The highest BCUT2D eigenvalue weighted by Crippen LogP contribution is 2.26. The molecule has 28 heavy (non-hydrogen) atoms. The van der Waals surface area contributed by atoms with Crippen LogP contribution in [-0.2, 0) is 6.61 Å². The molecular formula is C23H18N2O2S. The number of ether oxygens (including phenoxy) is 1. The van der Waals surface area contributed by atoms with Crippen LogP contribution in [0.1, 0.15) is 15.2 Å². The monoisotopic (exact) mass is 386 g/mol. The summed E-state index contributed by atoms with van der Waals surface area (Å²) in [7, 11) is 0. The van der Waals surface area contributed by atoms with E-state index in [0.717, 1.165) is 16.9 Å².